The van der Waals surface area contributed by atoms with E-state index in [2.05, 4.69) is 0 Å². The summed E-state index contributed by atoms with van der Waals surface area (Å²) in [6.45, 7) is 0. The predicted molar refractivity (Wildman–Crippen MR) is 63.3 cm³/mol. The number of hydrogen-bond donors (Lipinski definition) is 0. The Kier molecular flexibility index (Phi) is 2.67. The largest absolute Gasteiger partial charge is 0.302 e. The average molecular weight is 200 g/mol. The van der Waals surface area contributed by atoms with Crippen molar-refractivity contribution in [3.05, 3.63) is 67.4 Å². The third kappa shape index (κ3) is 2.40. The molecule has 0 aliphatic heterocycles. The lowest BCUT2D eigenvalue weighted by Gasteiger charge is -2.29. The quantitative estimate of drug-likeness (QED) is 0.725. The van der Waals surface area contributed by atoms with Gasteiger partial charge in [0.05, 0.1) is 1.37 Å². The molecule has 1 saturated carbocycles. The van der Waals surface area contributed by atoms with Crippen LogP contribution in [0.1, 0.15) is 14.3 Å². The van der Waals surface area contributed by atoms with Crippen LogP contribution in [-0.2, 0) is 0 Å². The van der Waals surface area contributed by atoms with E-state index in [1.54, 1.807) is 12.5 Å². The molecule has 1 nitrogen and oxygen atoms in total. The second kappa shape index (κ2) is 4.80. The molecule has 1 aromatic rings. The smallest absolute Gasteiger partial charge is 0.0626 e. The molecule has 0 heterocycles. The summed E-state index contributed by atoms with van der Waals surface area (Å²) in [6, 6.07) is 8.05. The molecular formula is C14H16N. The van der Waals surface area contributed by atoms with Gasteiger partial charge < -0.3 is 4.90 Å². The van der Waals surface area contributed by atoms with Gasteiger partial charge in [-0.25, -0.2) is 0 Å². The Morgan fingerprint density at radius 1 is 1.20 bits per heavy atom. The Hall–Kier alpha value is -0.820. The van der Waals surface area contributed by atoms with Crippen LogP contribution in [0, 0.1) is 31.6 Å². The van der Waals surface area contributed by atoms with E-state index < -0.39 is 0 Å². The van der Waals surface area contributed by atoms with Crippen LogP contribution in [0.3, 0.4) is 0 Å². The van der Waals surface area contributed by atoms with Crippen LogP contribution in [0.15, 0.2) is 30.3 Å². The van der Waals surface area contributed by atoms with Crippen molar-refractivity contribution in [3.8, 4) is 0 Å². The van der Waals surface area contributed by atoms with Crippen LogP contribution in [0.5, 0.6) is 0 Å². The standard InChI is InChI=1S/C14H16N/c1-15(2)14(13-10-6-7-11-13)12-8-4-3-5-9-12/h3-11,14H,1-2H3/t14-/m1/s1/i8D,10D. The highest BCUT2D eigenvalue weighted by molar-refractivity contribution is 5.42. The summed E-state index contributed by atoms with van der Waals surface area (Å²) >= 11 is 0. The Morgan fingerprint density at radius 3 is 2.67 bits per heavy atom. The van der Waals surface area contributed by atoms with Gasteiger partial charge in [-0.3, -0.25) is 0 Å². The van der Waals surface area contributed by atoms with Crippen molar-refractivity contribution in [1.29, 1.82) is 0 Å². The van der Waals surface area contributed by atoms with Crippen molar-refractivity contribution >= 4 is 0 Å². The van der Waals surface area contributed by atoms with Crippen molar-refractivity contribution < 1.29 is 2.74 Å². The summed E-state index contributed by atoms with van der Waals surface area (Å²) in [6.07, 6.45) is 6.17. The van der Waals surface area contributed by atoms with E-state index in [0.717, 1.165) is 11.5 Å². The molecule has 2 rings (SSSR count). The Balaban J connectivity index is 2.32. The van der Waals surface area contributed by atoms with E-state index in [0.29, 0.717) is 12.4 Å². The molecule has 1 aliphatic rings. The van der Waals surface area contributed by atoms with Crippen LogP contribution in [0.4, 0.5) is 0 Å². The van der Waals surface area contributed by atoms with Gasteiger partial charge in [-0.15, -0.1) is 0 Å². The number of benzene rings is 1. The molecule has 0 N–H and O–H groups in total. The summed E-state index contributed by atoms with van der Waals surface area (Å²) < 4.78 is 15.9. The Morgan fingerprint density at radius 2 is 2.07 bits per heavy atom. The highest BCUT2D eigenvalue weighted by atomic mass is 15.1. The molecule has 1 heteroatoms. The number of rotatable bonds is 3. The lowest BCUT2D eigenvalue weighted by Crippen LogP contribution is -2.25. The molecule has 1 fully saturated rings. The molecule has 0 amide bonds. The maximum atomic E-state index is 7.98. The normalized spacial score (nSPS) is 22.9. The van der Waals surface area contributed by atoms with Gasteiger partial charge in [0.1, 0.15) is 0 Å². The fourth-order valence-electron chi connectivity index (χ4n) is 1.82. The molecule has 1 aliphatic carbocycles. The first-order chi connectivity index (χ1) is 8.11. The van der Waals surface area contributed by atoms with Crippen molar-refractivity contribution in [2.45, 2.75) is 6.04 Å². The van der Waals surface area contributed by atoms with Crippen LogP contribution in [0.25, 0.3) is 0 Å². The van der Waals surface area contributed by atoms with Crippen molar-refractivity contribution in [2.75, 3.05) is 14.1 Å². The SMILES string of the molecule is [2H][C]1[CH][CH][CH][C]1[C@@H](c1ccccc1[2H])N(C)C. The van der Waals surface area contributed by atoms with Gasteiger partial charge in [0.2, 0.25) is 0 Å². The van der Waals surface area contributed by atoms with Crippen molar-refractivity contribution in [1.82, 2.24) is 4.90 Å². The van der Waals surface area contributed by atoms with E-state index in [9.17, 15) is 0 Å². The monoisotopic (exact) mass is 200 g/mol. The predicted octanol–water partition coefficient (Wildman–Crippen LogP) is 2.69. The van der Waals surface area contributed by atoms with Crippen molar-refractivity contribution in [2.24, 2.45) is 0 Å². The van der Waals surface area contributed by atoms with Crippen molar-refractivity contribution in [3.63, 3.8) is 0 Å². The Labute approximate surface area is 95.9 Å². The molecule has 0 spiro atoms. The topological polar surface area (TPSA) is 3.24 Å². The summed E-state index contributed by atoms with van der Waals surface area (Å²) in [7, 11) is 3.95. The van der Waals surface area contributed by atoms with Gasteiger partial charge >= 0.3 is 0 Å². The van der Waals surface area contributed by atoms with Crippen LogP contribution < -0.4 is 0 Å². The molecule has 0 bridgehead atoms. The first-order valence-corrected chi connectivity index (χ1v) is 5.05. The van der Waals surface area contributed by atoms with Gasteiger partial charge in [-0.2, -0.15) is 0 Å². The van der Waals surface area contributed by atoms with Crippen LogP contribution in [-0.4, -0.2) is 19.0 Å². The van der Waals surface area contributed by atoms with E-state index in [-0.39, 0.29) is 6.04 Å². The van der Waals surface area contributed by atoms with E-state index in [1.165, 1.54) is 0 Å². The van der Waals surface area contributed by atoms with Gasteiger partial charge in [-0.1, -0.05) is 30.3 Å². The van der Waals surface area contributed by atoms with E-state index in [1.807, 2.05) is 50.0 Å². The molecule has 0 saturated heterocycles. The van der Waals surface area contributed by atoms with Crippen LogP contribution >= 0.6 is 0 Å². The molecule has 0 unspecified atom stereocenters. The highest BCUT2D eigenvalue weighted by Crippen LogP contribution is 2.37. The minimum absolute atomic E-state index is 0.0220. The van der Waals surface area contributed by atoms with Gasteiger partial charge in [0, 0.05) is 13.3 Å². The molecule has 5 radical (unpaired) electrons. The van der Waals surface area contributed by atoms with Gasteiger partial charge in [0.15, 0.2) is 0 Å². The van der Waals surface area contributed by atoms with E-state index in [4.69, 9.17) is 2.74 Å². The van der Waals surface area contributed by atoms with Crippen LogP contribution in [0.2, 0.25) is 0 Å². The van der Waals surface area contributed by atoms with E-state index >= 15 is 0 Å². The molecule has 15 heavy (non-hydrogen) atoms. The minimum atomic E-state index is -0.0220. The zero-order chi connectivity index (χ0) is 12.4. The summed E-state index contributed by atoms with van der Waals surface area (Å²) in [4.78, 5) is 2.04. The maximum absolute atomic E-state index is 7.98. The molecule has 0 aromatic heterocycles. The molecule has 1 atom stereocenters. The third-order valence-corrected chi connectivity index (χ3v) is 2.46. The second-order valence-electron chi connectivity index (χ2n) is 3.81. The molecular weight excluding hydrogens is 182 g/mol. The number of hydrogen-bond acceptors (Lipinski definition) is 1. The average Bonchev–Trinajstić information content (AvgIpc) is 2.68. The minimum Gasteiger partial charge on any atom is -0.302 e. The Bertz CT molecular complexity index is 378. The second-order valence-corrected chi connectivity index (χ2v) is 3.81. The van der Waals surface area contributed by atoms with Gasteiger partial charge in [-0.05, 0) is 45.3 Å². The highest BCUT2D eigenvalue weighted by Gasteiger charge is 2.28. The number of nitrogens with zero attached hydrogens (tertiary/aromatic N) is 1. The lowest BCUT2D eigenvalue weighted by molar-refractivity contribution is 0.321. The fraction of sp³-hybridized carbons (Fsp3) is 0.214. The maximum Gasteiger partial charge on any atom is 0.0626 e. The fourth-order valence-corrected chi connectivity index (χ4v) is 1.82. The third-order valence-electron chi connectivity index (χ3n) is 2.46. The molecule has 77 valence electrons. The lowest BCUT2D eigenvalue weighted by atomic mass is 9.91. The first kappa shape index (κ1) is 8.35. The summed E-state index contributed by atoms with van der Waals surface area (Å²) in [5, 5.41) is 0. The zero-order valence-electron chi connectivity index (χ0n) is 11.1. The zero-order valence-corrected chi connectivity index (χ0v) is 9.07. The first-order valence-electron chi connectivity index (χ1n) is 6.05. The van der Waals surface area contributed by atoms with Gasteiger partial charge in [0.25, 0.3) is 0 Å². The summed E-state index contributed by atoms with van der Waals surface area (Å²) in [5.41, 5.74) is 0.942. The molecule has 1 aromatic carbocycles. The summed E-state index contributed by atoms with van der Waals surface area (Å²) in [5.74, 6) is 0.953.